The molecule has 1 aromatic rings. The monoisotopic (exact) mass is 224 g/mol. The highest BCUT2D eigenvalue weighted by Crippen LogP contribution is 2.13. The van der Waals surface area contributed by atoms with Gasteiger partial charge in [-0.25, -0.2) is 4.39 Å². The minimum absolute atomic E-state index is 0.0934. The molecule has 0 N–H and O–H groups in total. The lowest BCUT2D eigenvalue weighted by molar-refractivity contribution is 0.00290. The Bertz CT molecular complexity index is 391. The maximum atomic E-state index is 13.4. The molecule has 0 bridgehead atoms. The second-order valence-corrected chi connectivity index (χ2v) is 4.81. The highest BCUT2D eigenvalue weighted by atomic mass is 19.1. The van der Waals surface area contributed by atoms with Crippen LogP contribution in [0.4, 0.5) is 4.39 Å². The molecule has 0 aliphatic heterocycles. The van der Waals surface area contributed by atoms with E-state index in [4.69, 9.17) is 4.74 Å². The number of benzene rings is 1. The van der Waals surface area contributed by atoms with Gasteiger partial charge in [0, 0.05) is 0 Å². The summed E-state index contributed by atoms with van der Waals surface area (Å²) in [6.07, 6.45) is 0. The average Bonchev–Trinajstić information content (AvgIpc) is 2.17. The average molecular weight is 224 g/mol. The quantitative estimate of drug-likeness (QED) is 0.737. The van der Waals surface area contributed by atoms with Gasteiger partial charge in [-0.2, -0.15) is 0 Å². The first-order valence-corrected chi connectivity index (χ1v) is 5.23. The Morgan fingerprint density at radius 1 is 1.38 bits per heavy atom. The van der Waals surface area contributed by atoms with Crippen molar-refractivity contribution in [3.8, 4) is 0 Å². The van der Waals surface area contributed by atoms with Gasteiger partial charge in [0.25, 0.3) is 0 Å². The minimum atomic E-state index is -0.492. The summed E-state index contributed by atoms with van der Waals surface area (Å²) in [6.45, 7) is 7.29. The molecule has 0 fully saturated rings. The molecule has 0 amide bonds. The molecule has 0 saturated carbocycles. The molecule has 0 radical (unpaired) electrons. The van der Waals surface area contributed by atoms with E-state index in [0.29, 0.717) is 0 Å². The zero-order valence-electron chi connectivity index (χ0n) is 10.1. The summed E-state index contributed by atoms with van der Waals surface area (Å²) in [7, 11) is 0. The lowest BCUT2D eigenvalue weighted by Gasteiger charge is -2.18. The third kappa shape index (κ3) is 3.74. The predicted octanol–water partition coefficient (Wildman–Crippen LogP) is 3.13. The largest absolute Gasteiger partial charge is 0.368 e. The fraction of sp³-hybridized carbons (Fsp3) is 0.462. The first-order chi connectivity index (χ1) is 7.29. The van der Waals surface area contributed by atoms with Gasteiger partial charge < -0.3 is 4.74 Å². The molecule has 0 aromatic heterocycles. The van der Waals surface area contributed by atoms with E-state index in [2.05, 4.69) is 0 Å². The minimum Gasteiger partial charge on any atom is -0.368 e. The zero-order chi connectivity index (χ0) is 12.3. The Morgan fingerprint density at radius 2 is 2.00 bits per heavy atom. The number of ether oxygens (including phenoxy) is 1. The number of ketones is 1. The maximum Gasteiger partial charge on any atom is 0.191 e. The van der Waals surface area contributed by atoms with Crippen LogP contribution in [0.15, 0.2) is 18.2 Å². The van der Waals surface area contributed by atoms with Crippen LogP contribution in [0, 0.1) is 12.7 Å². The third-order valence-electron chi connectivity index (χ3n) is 2.06. The van der Waals surface area contributed by atoms with Crippen molar-refractivity contribution in [3.05, 3.63) is 35.1 Å². The van der Waals surface area contributed by atoms with Crippen LogP contribution in [0.5, 0.6) is 0 Å². The molecule has 0 heterocycles. The number of hydrogen-bond donors (Lipinski definition) is 0. The first kappa shape index (κ1) is 12.8. The summed E-state index contributed by atoms with van der Waals surface area (Å²) < 4.78 is 18.7. The molecule has 16 heavy (non-hydrogen) atoms. The summed E-state index contributed by atoms with van der Waals surface area (Å²) in [6, 6.07) is 4.49. The van der Waals surface area contributed by atoms with Crippen molar-refractivity contribution in [2.75, 3.05) is 6.61 Å². The highest BCUT2D eigenvalue weighted by molar-refractivity contribution is 5.97. The van der Waals surface area contributed by atoms with E-state index in [0.717, 1.165) is 5.56 Å². The topological polar surface area (TPSA) is 26.3 Å². The van der Waals surface area contributed by atoms with E-state index >= 15 is 0 Å². The summed E-state index contributed by atoms with van der Waals surface area (Å²) in [4.78, 5) is 11.7. The van der Waals surface area contributed by atoms with Crippen molar-refractivity contribution < 1.29 is 13.9 Å². The Kier molecular flexibility index (Phi) is 3.81. The third-order valence-corrected chi connectivity index (χ3v) is 2.06. The highest BCUT2D eigenvalue weighted by Gasteiger charge is 2.16. The van der Waals surface area contributed by atoms with Crippen LogP contribution in [-0.2, 0) is 4.74 Å². The lowest BCUT2D eigenvalue weighted by Crippen LogP contribution is -2.24. The molecule has 0 spiro atoms. The fourth-order valence-corrected chi connectivity index (χ4v) is 1.21. The van der Waals surface area contributed by atoms with Crippen molar-refractivity contribution >= 4 is 5.78 Å². The van der Waals surface area contributed by atoms with Gasteiger partial charge in [-0.05, 0) is 39.8 Å². The molecular weight excluding hydrogens is 207 g/mol. The standard InChI is InChI=1S/C13H17FO2/c1-9-5-6-11(14)10(7-9)12(15)8-16-13(2,3)4/h5-7H,8H2,1-4H3. The van der Waals surface area contributed by atoms with E-state index in [9.17, 15) is 9.18 Å². The van der Waals surface area contributed by atoms with Crippen LogP contribution in [-0.4, -0.2) is 18.0 Å². The number of carbonyl (C=O) groups is 1. The van der Waals surface area contributed by atoms with Crippen LogP contribution in [0.3, 0.4) is 0 Å². The van der Waals surface area contributed by atoms with E-state index < -0.39 is 11.4 Å². The normalized spacial score (nSPS) is 11.6. The Hall–Kier alpha value is -1.22. The Morgan fingerprint density at radius 3 is 2.56 bits per heavy atom. The van der Waals surface area contributed by atoms with Gasteiger partial charge in [0.1, 0.15) is 12.4 Å². The van der Waals surface area contributed by atoms with Gasteiger partial charge in [-0.1, -0.05) is 11.6 Å². The smallest absolute Gasteiger partial charge is 0.191 e. The maximum absolute atomic E-state index is 13.4. The molecule has 0 saturated heterocycles. The number of hydrogen-bond acceptors (Lipinski definition) is 2. The summed E-state index contributed by atoms with van der Waals surface area (Å²) in [5.74, 6) is -0.816. The van der Waals surface area contributed by atoms with E-state index in [-0.39, 0.29) is 18.0 Å². The summed E-state index contributed by atoms with van der Waals surface area (Å²) >= 11 is 0. The summed E-state index contributed by atoms with van der Waals surface area (Å²) in [5.41, 5.74) is 0.570. The van der Waals surface area contributed by atoms with Gasteiger partial charge in [0.15, 0.2) is 5.78 Å². The fourth-order valence-electron chi connectivity index (χ4n) is 1.21. The van der Waals surface area contributed by atoms with Crippen LogP contribution >= 0.6 is 0 Å². The molecule has 0 aliphatic carbocycles. The van der Waals surface area contributed by atoms with Crippen molar-refractivity contribution in [1.82, 2.24) is 0 Å². The lowest BCUT2D eigenvalue weighted by atomic mass is 10.1. The molecule has 2 nitrogen and oxygen atoms in total. The summed E-state index contributed by atoms with van der Waals surface area (Å²) in [5, 5.41) is 0. The van der Waals surface area contributed by atoms with Crippen molar-refractivity contribution in [2.24, 2.45) is 0 Å². The van der Waals surface area contributed by atoms with Crippen LogP contribution in [0.1, 0.15) is 36.7 Å². The van der Waals surface area contributed by atoms with Crippen LogP contribution in [0.25, 0.3) is 0 Å². The predicted molar refractivity (Wildman–Crippen MR) is 61.2 cm³/mol. The van der Waals surface area contributed by atoms with E-state index in [1.807, 2.05) is 27.7 Å². The molecule has 0 atom stereocenters. The van der Waals surface area contributed by atoms with Crippen molar-refractivity contribution in [2.45, 2.75) is 33.3 Å². The molecule has 3 heteroatoms. The van der Waals surface area contributed by atoms with Gasteiger partial charge in [0.2, 0.25) is 0 Å². The Balaban J connectivity index is 2.77. The van der Waals surface area contributed by atoms with E-state index in [1.165, 1.54) is 6.07 Å². The van der Waals surface area contributed by atoms with Gasteiger partial charge >= 0.3 is 0 Å². The molecule has 1 aromatic carbocycles. The van der Waals surface area contributed by atoms with Gasteiger partial charge in [0.05, 0.1) is 11.2 Å². The van der Waals surface area contributed by atoms with Gasteiger partial charge in [-0.3, -0.25) is 4.79 Å². The SMILES string of the molecule is Cc1ccc(F)c(C(=O)COC(C)(C)C)c1. The molecule has 0 unspecified atom stereocenters. The first-order valence-electron chi connectivity index (χ1n) is 5.23. The van der Waals surface area contributed by atoms with Gasteiger partial charge in [-0.15, -0.1) is 0 Å². The van der Waals surface area contributed by atoms with Crippen molar-refractivity contribution in [1.29, 1.82) is 0 Å². The number of halogens is 1. The molecule has 1 rings (SSSR count). The zero-order valence-corrected chi connectivity index (χ0v) is 10.1. The second-order valence-electron chi connectivity index (χ2n) is 4.81. The molecule has 0 aliphatic rings. The Labute approximate surface area is 95.4 Å². The number of rotatable bonds is 3. The van der Waals surface area contributed by atoms with Crippen LogP contribution in [0.2, 0.25) is 0 Å². The molecule has 88 valence electrons. The number of carbonyl (C=O) groups excluding carboxylic acids is 1. The number of Topliss-reactive ketones (excluding diaryl/α,β-unsaturated/α-hetero) is 1. The van der Waals surface area contributed by atoms with Crippen molar-refractivity contribution in [3.63, 3.8) is 0 Å². The number of aryl methyl sites for hydroxylation is 1. The second kappa shape index (κ2) is 4.74. The molecular formula is C13H17FO2. The van der Waals surface area contributed by atoms with Crippen LogP contribution < -0.4 is 0 Å². The van der Waals surface area contributed by atoms with E-state index in [1.54, 1.807) is 12.1 Å².